The fourth-order valence-corrected chi connectivity index (χ4v) is 5.22. The number of hydrogen-bond acceptors (Lipinski definition) is 13. The van der Waals surface area contributed by atoms with E-state index in [1.54, 1.807) is 12.3 Å². The summed E-state index contributed by atoms with van der Waals surface area (Å²) >= 11 is 0. The topological polar surface area (TPSA) is 195 Å². The van der Waals surface area contributed by atoms with E-state index in [-0.39, 0.29) is 30.1 Å². The Morgan fingerprint density at radius 1 is 0.767 bits per heavy atom. The minimum Gasteiger partial charge on any atom is -0.350 e. The molecule has 15 nitrogen and oxygen atoms in total. The molecule has 2 aromatic rings. The molecule has 236 valence electrons. The summed E-state index contributed by atoms with van der Waals surface area (Å²) in [6.07, 6.45) is 3.87. The van der Waals surface area contributed by atoms with Gasteiger partial charge >= 0.3 is 0 Å². The third-order valence-electron chi connectivity index (χ3n) is 7.65. The maximum absolute atomic E-state index is 13.1. The Labute approximate surface area is 253 Å². The number of fused-ring (bicyclic) bond motifs is 15. The van der Waals surface area contributed by atoms with E-state index in [0.717, 1.165) is 58.9 Å². The maximum atomic E-state index is 13.1. The van der Waals surface area contributed by atoms with Crippen molar-refractivity contribution in [2.45, 2.75) is 38.3 Å². The number of pyridine rings is 1. The van der Waals surface area contributed by atoms with Gasteiger partial charge in [0.1, 0.15) is 0 Å². The molecule has 3 aliphatic heterocycles. The molecular weight excluding hydrogens is 550 g/mol. The first-order valence-electron chi connectivity index (χ1n) is 15.2. The molecule has 2 bridgehead atoms. The molecule has 43 heavy (non-hydrogen) atoms. The van der Waals surface area contributed by atoms with Gasteiger partial charge < -0.3 is 42.5 Å². The molecule has 0 aliphatic carbocycles. The highest BCUT2D eigenvalue weighted by Crippen LogP contribution is 2.13. The van der Waals surface area contributed by atoms with Crippen molar-refractivity contribution in [1.29, 1.82) is 0 Å². The Balaban J connectivity index is 1.24. The summed E-state index contributed by atoms with van der Waals surface area (Å²) in [6.45, 7) is 12.3. The molecule has 3 fully saturated rings. The van der Waals surface area contributed by atoms with Crippen molar-refractivity contribution < 1.29 is 9.59 Å². The van der Waals surface area contributed by atoms with Crippen molar-refractivity contribution in [2.75, 3.05) is 78.5 Å². The Morgan fingerprint density at radius 3 is 1.84 bits per heavy atom. The Hall–Kier alpha value is -3.21. The van der Waals surface area contributed by atoms with E-state index in [1.807, 2.05) is 6.07 Å². The zero-order valence-electron chi connectivity index (χ0n) is 25.2. The second kappa shape index (κ2) is 17.2. The van der Waals surface area contributed by atoms with Crippen molar-refractivity contribution >= 4 is 11.8 Å². The molecule has 5 heterocycles. The highest BCUT2D eigenvalue weighted by molar-refractivity contribution is 5.79. The first-order valence-corrected chi connectivity index (χ1v) is 15.2. The lowest BCUT2D eigenvalue weighted by Gasteiger charge is -2.37. The van der Waals surface area contributed by atoms with Crippen LogP contribution < -0.4 is 42.5 Å². The lowest BCUT2D eigenvalue weighted by molar-refractivity contribution is -0.123. The predicted molar refractivity (Wildman–Crippen MR) is 163 cm³/mol. The Bertz CT molecular complexity index is 1080. The summed E-state index contributed by atoms with van der Waals surface area (Å²) < 4.78 is 0. The molecule has 0 saturated carbocycles. The summed E-state index contributed by atoms with van der Waals surface area (Å²) in [6, 6.07) is 3.61. The van der Waals surface area contributed by atoms with Crippen molar-refractivity contribution in [3.8, 4) is 11.4 Å². The van der Waals surface area contributed by atoms with Crippen LogP contribution in [0, 0.1) is 5.41 Å². The number of carbonyl (C=O) groups excluding carboxylic acids is 2. The van der Waals surface area contributed by atoms with Crippen LogP contribution in [-0.2, 0) is 16.1 Å². The van der Waals surface area contributed by atoms with Gasteiger partial charge in [0.25, 0.3) is 0 Å². The summed E-state index contributed by atoms with van der Waals surface area (Å²) in [5.41, 5.74) is 1.02. The fourth-order valence-electron chi connectivity index (χ4n) is 5.22. The van der Waals surface area contributed by atoms with Gasteiger partial charge in [-0.2, -0.15) is 0 Å². The number of amides is 2. The van der Waals surface area contributed by atoms with Crippen LogP contribution >= 0.6 is 0 Å². The second-order valence-corrected chi connectivity index (χ2v) is 11.7. The smallest absolute Gasteiger partial charge is 0.220 e. The van der Waals surface area contributed by atoms with E-state index in [9.17, 15) is 9.59 Å². The number of hydrogen-bond donors (Lipinski definition) is 8. The van der Waals surface area contributed by atoms with E-state index in [1.165, 1.54) is 6.33 Å². The van der Waals surface area contributed by atoms with Crippen LogP contribution in [0.1, 0.15) is 31.9 Å². The molecule has 0 spiro atoms. The second-order valence-electron chi connectivity index (χ2n) is 11.7. The van der Waals surface area contributed by atoms with Crippen LogP contribution in [0.15, 0.2) is 24.7 Å². The Morgan fingerprint density at radius 2 is 1.30 bits per heavy atom. The van der Waals surface area contributed by atoms with Gasteiger partial charge in [0.05, 0.1) is 17.8 Å². The predicted octanol–water partition coefficient (Wildman–Crippen LogP) is -2.46. The zero-order valence-corrected chi connectivity index (χ0v) is 25.2. The fraction of sp³-hybridized carbons (Fsp3) is 0.679. The number of aromatic nitrogens is 5. The number of rotatable bonds is 8. The van der Waals surface area contributed by atoms with E-state index >= 15 is 0 Å². The first kappa shape index (κ1) is 32.7. The first-order chi connectivity index (χ1) is 21.0. The number of nitrogens with zero attached hydrogens (tertiary/aromatic N) is 5. The molecule has 15 heteroatoms. The zero-order chi connectivity index (χ0) is 30.2. The van der Waals surface area contributed by atoms with Gasteiger partial charge in [-0.25, -0.2) is 0 Å². The van der Waals surface area contributed by atoms with E-state index in [0.29, 0.717) is 49.7 Å². The minimum atomic E-state index is -0.503. The van der Waals surface area contributed by atoms with Crippen molar-refractivity contribution in [2.24, 2.45) is 5.41 Å². The van der Waals surface area contributed by atoms with Crippen molar-refractivity contribution in [1.82, 2.24) is 67.9 Å². The van der Waals surface area contributed by atoms with Gasteiger partial charge in [-0.15, -0.1) is 20.4 Å². The molecule has 0 radical (unpaired) electrons. The van der Waals surface area contributed by atoms with Gasteiger partial charge in [-0.1, -0.05) is 6.92 Å². The van der Waals surface area contributed by atoms with Gasteiger partial charge in [-0.05, 0) is 18.6 Å². The monoisotopic (exact) mass is 597 g/mol. The van der Waals surface area contributed by atoms with Gasteiger partial charge in [0.2, 0.25) is 17.6 Å². The SMILES string of the molecule is CC12CNCCNCC(NC(=O)CCCC(=O)NCc3ccc(-c4nncnn4)cn3)(CNCCNC1)CNCCNC2. The highest BCUT2D eigenvalue weighted by Gasteiger charge is 2.32. The summed E-state index contributed by atoms with van der Waals surface area (Å²) in [4.78, 5) is 30.0. The summed E-state index contributed by atoms with van der Waals surface area (Å²) in [7, 11) is 0. The lowest BCUT2D eigenvalue weighted by Crippen LogP contribution is -2.66. The largest absolute Gasteiger partial charge is 0.350 e. The lowest BCUT2D eigenvalue weighted by atomic mass is 9.90. The van der Waals surface area contributed by atoms with Crippen LogP contribution in [0.5, 0.6) is 0 Å². The quantitative estimate of drug-likeness (QED) is 0.160. The van der Waals surface area contributed by atoms with Crippen molar-refractivity contribution in [3.05, 3.63) is 30.4 Å². The molecule has 0 atom stereocenters. The molecular formula is C28H47N13O2. The molecule has 2 aromatic heterocycles. The minimum absolute atomic E-state index is 0.0602. The molecule has 3 aliphatic rings. The molecule has 2 amide bonds. The Kier molecular flexibility index (Phi) is 13.1. The van der Waals surface area contributed by atoms with Crippen LogP contribution in [0.3, 0.4) is 0 Å². The molecule has 8 N–H and O–H groups in total. The third kappa shape index (κ3) is 11.4. The summed E-state index contributed by atoms with van der Waals surface area (Å²) in [5, 5.41) is 42.9. The van der Waals surface area contributed by atoms with Crippen LogP contribution in [0.25, 0.3) is 11.4 Å². The molecule has 3 saturated heterocycles. The van der Waals surface area contributed by atoms with Gasteiger partial charge in [-0.3, -0.25) is 14.6 Å². The average molecular weight is 598 g/mol. The van der Waals surface area contributed by atoms with E-state index < -0.39 is 5.54 Å². The molecule has 0 aromatic carbocycles. The molecule has 0 unspecified atom stereocenters. The standard InChI is InChI=1S/C28H47N13O2/c1-27-15-29-7-10-32-18-28(19-33-11-8-30-16-27,20-34-12-9-31-17-27)39-25(43)4-2-3-24(42)36-14-23-6-5-22(13-35-23)26-40-37-21-38-41-26/h5-6,13,21,29-34H,2-4,7-12,14-20H2,1H3,(H,36,42)(H,39,43). The third-order valence-corrected chi connectivity index (χ3v) is 7.65. The van der Waals surface area contributed by atoms with Crippen molar-refractivity contribution in [3.63, 3.8) is 0 Å². The van der Waals surface area contributed by atoms with Gasteiger partial charge in [0.15, 0.2) is 6.33 Å². The van der Waals surface area contributed by atoms with E-state index in [2.05, 4.69) is 74.8 Å². The average Bonchev–Trinajstić information content (AvgIpc) is 3.01. The summed E-state index contributed by atoms with van der Waals surface area (Å²) in [5.74, 6) is 0.203. The van der Waals surface area contributed by atoms with Gasteiger partial charge in [0, 0.05) is 109 Å². The van der Waals surface area contributed by atoms with Crippen LogP contribution in [0.4, 0.5) is 0 Å². The number of carbonyl (C=O) groups is 2. The maximum Gasteiger partial charge on any atom is 0.220 e. The highest BCUT2D eigenvalue weighted by atomic mass is 16.2. The van der Waals surface area contributed by atoms with Crippen LogP contribution in [-0.4, -0.2) is 121 Å². The normalized spacial score (nSPS) is 24.4. The van der Waals surface area contributed by atoms with Crippen LogP contribution in [0.2, 0.25) is 0 Å². The number of nitrogens with one attached hydrogen (secondary N) is 8. The molecule has 5 rings (SSSR count). The van der Waals surface area contributed by atoms with E-state index in [4.69, 9.17) is 0 Å².